The summed E-state index contributed by atoms with van der Waals surface area (Å²) in [6.07, 6.45) is 0. The van der Waals surface area contributed by atoms with Crippen LogP contribution in [0.1, 0.15) is 22.3 Å². The van der Waals surface area contributed by atoms with Gasteiger partial charge in [-0.2, -0.15) is 21.0 Å². The molecular weight excluding hydrogens is 1210 g/mol. The zero-order valence-electron chi connectivity index (χ0n) is 51.4. The maximum absolute atomic E-state index is 10.6. The Kier molecular flexibility index (Phi) is 14.7. The third-order valence-corrected chi connectivity index (χ3v) is 17.6. The fourth-order valence-corrected chi connectivity index (χ4v) is 13.2. The molecule has 14 heteroatoms. The molecule has 0 N–H and O–H groups in total. The monoisotopic (exact) mass is 1240 g/mol. The van der Waals surface area contributed by atoms with E-state index >= 15 is 0 Å². The lowest BCUT2D eigenvalue weighted by Crippen LogP contribution is -2.06. The molecule has 0 unspecified atom stereocenters. The lowest BCUT2D eigenvalue weighted by molar-refractivity contribution is 1.07. The Morgan fingerprint density at radius 2 is 0.673 bits per heavy atom. The van der Waals surface area contributed by atoms with Crippen molar-refractivity contribution >= 4 is 72.0 Å². The predicted molar refractivity (Wildman–Crippen MR) is 382 cm³/mol. The fourth-order valence-electron chi connectivity index (χ4n) is 13.2. The van der Waals surface area contributed by atoms with Gasteiger partial charge >= 0.3 is 0 Å². The van der Waals surface area contributed by atoms with Crippen LogP contribution in [0.4, 0.5) is 28.4 Å². The molecule has 98 heavy (non-hydrogen) atoms. The maximum Gasteiger partial charge on any atom is 0.197 e. The summed E-state index contributed by atoms with van der Waals surface area (Å²) in [7, 11) is 0. The number of fused-ring (bicyclic) bond motifs is 6. The Hall–Kier alpha value is -15.3. The van der Waals surface area contributed by atoms with Crippen molar-refractivity contribution in [2.24, 2.45) is 0 Å². The van der Waals surface area contributed by atoms with Crippen molar-refractivity contribution < 1.29 is 0 Å². The summed E-state index contributed by atoms with van der Waals surface area (Å²) in [4.78, 5) is 35.2. The van der Waals surface area contributed by atoms with Gasteiger partial charge in [-0.3, -0.25) is 0 Å². The summed E-state index contributed by atoms with van der Waals surface area (Å²) in [5.74, 6) is 1.12. The van der Waals surface area contributed by atoms with Crippen LogP contribution in [0, 0.1) is 78.2 Å². The van der Waals surface area contributed by atoms with E-state index in [1.165, 1.54) is 0 Å². The van der Waals surface area contributed by atoms with Crippen LogP contribution in [0.15, 0.2) is 243 Å². The zero-order chi connectivity index (χ0) is 67.1. The number of aromatic nitrogens is 5. The summed E-state index contributed by atoms with van der Waals surface area (Å²) in [6, 6.07) is 84.0. The molecule has 14 nitrogen and oxygen atoms in total. The summed E-state index contributed by atoms with van der Waals surface area (Å²) in [6.45, 7) is 41.3. The second-order valence-corrected chi connectivity index (χ2v) is 22.9. The number of nitriles is 4. The third kappa shape index (κ3) is 9.96. The Balaban J connectivity index is 1.08. The van der Waals surface area contributed by atoms with Crippen molar-refractivity contribution in [2.45, 2.75) is 0 Å². The highest BCUT2D eigenvalue weighted by Crippen LogP contribution is 2.50. The van der Waals surface area contributed by atoms with Gasteiger partial charge < -0.3 is 9.13 Å². The van der Waals surface area contributed by atoms with E-state index in [2.05, 4.69) is 57.6 Å². The van der Waals surface area contributed by atoms with Crippen LogP contribution in [-0.4, -0.2) is 24.1 Å². The minimum Gasteiger partial charge on any atom is -0.310 e. The van der Waals surface area contributed by atoms with Gasteiger partial charge in [0.25, 0.3) is 0 Å². The van der Waals surface area contributed by atoms with Crippen LogP contribution in [0.2, 0.25) is 0 Å². The molecular formula is C84H40N14. The molecule has 0 aliphatic rings. The molecule has 0 amide bonds. The molecule has 0 spiro atoms. The SMILES string of the molecule is [C-]#[N+]c1ccc(-c2ccc3c(c2)c2cc(-c4ccc(C#N)cc4[N+]#[C-])ccc2n3-c2cccc([N+]#[C-])c2-c2c(-c3nc(-c4ccccc4)nc(-c4ccccc4)n3)cccc2-n2c3ccc(-c4ccc([N+]#[C-])cc4C#N)cc3c3cc(-c4ccc(C#N)cc4[N+]#[C-])ccc32)c(C#N)c1. The van der Waals surface area contributed by atoms with Crippen LogP contribution < -0.4 is 0 Å². The normalized spacial score (nSPS) is 10.8. The minimum atomic E-state index is 0.280. The molecule has 0 bridgehead atoms. The van der Waals surface area contributed by atoms with E-state index < -0.39 is 0 Å². The molecule has 0 fully saturated rings. The van der Waals surface area contributed by atoms with Crippen molar-refractivity contribution in [1.29, 1.82) is 21.0 Å². The molecule has 15 rings (SSSR count). The first-order valence-corrected chi connectivity index (χ1v) is 30.5. The highest BCUT2D eigenvalue weighted by Gasteiger charge is 2.29. The summed E-state index contributed by atoms with van der Waals surface area (Å²) >= 11 is 0. The van der Waals surface area contributed by atoms with E-state index in [9.17, 15) is 27.6 Å². The molecule has 0 aliphatic carbocycles. The lowest BCUT2D eigenvalue weighted by Gasteiger charge is -2.22. The number of rotatable bonds is 10. The number of hydrogen-bond donors (Lipinski definition) is 0. The molecule has 12 aromatic carbocycles. The summed E-state index contributed by atoms with van der Waals surface area (Å²) < 4.78 is 4.29. The largest absolute Gasteiger partial charge is 0.310 e. The molecule has 0 saturated heterocycles. The number of benzene rings is 12. The average Bonchev–Trinajstić information content (AvgIpc) is 1.51. The maximum atomic E-state index is 10.6. The Labute approximate surface area is 561 Å². The smallest absolute Gasteiger partial charge is 0.197 e. The summed E-state index contributed by atoms with van der Waals surface area (Å²) in [5, 5.41) is 44.0. The average molecular weight is 1250 g/mol. The van der Waals surface area contributed by atoms with Gasteiger partial charge in [-0.05, 0) is 142 Å². The van der Waals surface area contributed by atoms with Crippen LogP contribution in [0.5, 0.6) is 0 Å². The Morgan fingerprint density at radius 1 is 0.286 bits per heavy atom. The van der Waals surface area contributed by atoms with E-state index in [-0.39, 0.29) is 5.69 Å². The van der Waals surface area contributed by atoms with Gasteiger partial charge in [0.15, 0.2) is 45.9 Å². The van der Waals surface area contributed by atoms with Crippen molar-refractivity contribution in [1.82, 2.24) is 24.1 Å². The van der Waals surface area contributed by atoms with E-state index in [0.29, 0.717) is 135 Å². The van der Waals surface area contributed by atoms with Crippen LogP contribution >= 0.6 is 0 Å². The van der Waals surface area contributed by atoms with Gasteiger partial charge in [0.05, 0.1) is 84.9 Å². The zero-order valence-corrected chi connectivity index (χ0v) is 51.4. The standard InChI is InChI=1S/C84H40N14/c1-89-60-28-32-62(58(40-60)48-87)54-24-34-74-67(42-54)69-44-56(64-30-22-50(46-85)38-72(64)92-4)26-36-75(69)97(74)78-20-12-18-66(84-95-82(52-14-8-6-9-15-52)94-83(96-84)53-16-10-7-11-17-53)80(78)81-71(91-3)19-13-21-79(81)98-76-35-25-55(63-33-29-61(90-2)41-59(63)49-88)43-68(76)70-45-57(27-37-77(70)98)65-31-23-51(47-86)39-73(65)93-5/h6-45H. The predicted octanol–water partition coefficient (Wildman–Crippen LogP) is 21.6. The lowest BCUT2D eigenvalue weighted by atomic mass is 9.93. The van der Waals surface area contributed by atoms with Gasteiger partial charge in [0.2, 0.25) is 0 Å². The quantitative estimate of drug-likeness (QED) is 0.123. The second-order valence-electron chi connectivity index (χ2n) is 22.9. The summed E-state index contributed by atoms with van der Waals surface area (Å²) in [5.41, 5.74) is 15.4. The van der Waals surface area contributed by atoms with E-state index in [1.807, 2.05) is 164 Å². The van der Waals surface area contributed by atoms with Gasteiger partial charge in [-0.1, -0.05) is 146 Å². The van der Waals surface area contributed by atoms with E-state index in [0.717, 1.165) is 54.7 Å². The highest BCUT2D eigenvalue weighted by atomic mass is 15.0. The van der Waals surface area contributed by atoms with Crippen molar-refractivity contribution in [3.05, 3.63) is 322 Å². The van der Waals surface area contributed by atoms with Gasteiger partial charge in [-0.25, -0.2) is 39.2 Å². The van der Waals surface area contributed by atoms with Gasteiger partial charge in [-0.15, -0.1) is 0 Å². The molecule has 0 radical (unpaired) electrons. The number of hydrogen-bond acceptors (Lipinski definition) is 7. The van der Waals surface area contributed by atoms with Crippen LogP contribution in [-0.2, 0) is 0 Å². The highest BCUT2D eigenvalue weighted by molar-refractivity contribution is 6.15. The molecule has 3 aromatic heterocycles. The van der Waals surface area contributed by atoms with Crippen molar-refractivity contribution in [3.8, 4) is 125 Å². The van der Waals surface area contributed by atoms with E-state index in [4.69, 9.17) is 41.2 Å². The molecule has 15 aromatic rings. The molecule has 446 valence electrons. The van der Waals surface area contributed by atoms with Crippen molar-refractivity contribution in [2.75, 3.05) is 0 Å². The van der Waals surface area contributed by atoms with Crippen LogP contribution in [0.25, 0.3) is 169 Å². The van der Waals surface area contributed by atoms with E-state index in [1.54, 1.807) is 78.9 Å². The molecule has 0 saturated carbocycles. The molecule has 0 atom stereocenters. The fraction of sp³-hybridized carbons (Fsp3) is 0. The first-order valence-electron chi connectivity index (χ1n) is 30.5. The first kappa shape index (κ1) is 59.0. The molecule has 3 heterocycles. The Bertz CT molecular complexity index is 6050. The third-order valence-electron chi connectivity index (χ3n) is 17.6. The Morgan fingerprint density at radius 3 is 1.07 bits per heavy atom. The molecule has 0 aliphatic heterocycles. The minimum absolute atomic E-state index is 0.280. The van der Waals surface area contributed by atoms with Gasteiger partial charge in [0.1, 0.15) is 0 Å². The van der Waals surface area contributed by atoms with Crippen LogP contribution in [0.3, 0.4) is 0 Å². The van der Waals surface area contributed by atoms with Crippen molar-refractivity contribution in [3.63, 3.8) is 0 Å². The second kappa shape index (κ2) is 24.4. The first-order chi connectivity index (χ1) is 48.2. The topological polar surface area (TPSA) is 165 Å². The number of nitrogens with zero attached hydrogens (tertiary/aromatic N) is 14. The van der Waals surface area contributed by atoms with Gasteiger partial charge in [0, 0.05) is 77.3 Å².